The normalized spacial score (nSPS) is 26.4. The maximum absolute atomic E-state index is 3.74. The van der Waals surface area contributed by atoms with Gasteiger partial charge in [0.2, 0.25) is 0 Å². The number of likely N-dealkylation sites (tertiary alicyclic amines) is 1. The fraction of sp³-hybridized carbons (Fsp3) is 0.636. The van der Waals surface area contributed by atoms with Crippen molar-refractivity contribution in [2.24, 2.45) is 5.92 Å². The van der Waals surface area contributed by atoms with Crippen molar-refractivity contribution in [3.8, 4) is 0 Å². The second kappa shape index (κ2) is 7.38. The van der Waals surface area contributed by atoms with Crippen LogP contribution in [0.15, 0.2) is 18.2 Å². The molecular formula is C22H32N2S. The number of hydrogen-bond acceptors (Lipinski definition) is 3. The Bertz CT molecular complexity index is 721. The van der Waals surface area contributed by atoms with Crippen molar-refractivity contribution < 1.29 is 0 Å². The molecule has 3 heteroatoms. The molecule has 2 aromatic rings. The number of rotatable bonds is 4. The van der Waals surface area contributed by atoms with Gasteiger partial charge in [-0.05, 0) is 86.8 Å². The molecule has 1 aromatic carbocycles. The minimum atomic E-state index is 0.547. The highest BCUT2D eigenvalue weighted by molar-refractivity contribution is 7.19. The number of thiophene rings is 1. The van der Waals surface area contributed by atoms with E-state index in [1.807, 2.05) is 11.3 Å². The van der Waals surface area contributed by atoms with E-state index in [4.69, 9.17) is 0 Å². The summed E-state index contributed by atoms with van der Waals surface area (Å²) < 4.78 is 1.47. The second-order valence-corrected chi connectivity index (χ2v) is 9.48. The van der Waals surface area contributed by atoms with Gasteiger partial charge in [0.15, 0.2) is 0 Å². The number of aryl methyl sites for hydroxylation is 1. The number of hydrogen-bond donors (Lipinski definition) is 1. The Morgan fingerprint density at radius 3 is 2.76 bits per heavy atom. The van der Waals surface area contributed by atoms with Gasteiger partial charge < -0.3 is 10.2 Å². The van der Waals surface area contributed by atoms with Gasteiger partial charge in [-0.2, -0.15) is 0 Å². The molecule has 2 fully saturated rings. The van der Waals surface area contributed by atoms with Crippen LogP contribution in [-0.2, 0) is 0 Å². The van der Waals surface area contributed by atoms with Crippen LogP contribution >= 0.6 is 11.3 Å². The van der Waals surface area contributed by atoms with Gasteiger partial charge in [-0.3, -0.25) is 0 Å². The lowest BCUT2D eigenvalue weighted by atomic mass is 9.91. The van der Waals surface area contributed by atoms with Gasteiger partial charge in [0, 0.05) is 28.1 Å². The van der Waals surface area contributed by atoms with Crippen molar-refractivity contribution in [2.75, 3.05) is 26.2 Å². The molecule has 0 bridgehead atoms. The lowest BCUT2D eigenvalue weighted by Gasteiger charge is -2.28. The van der Waals surface area contributed by atoms with Crippen LogP contribution < -0.4 is 5.32 Å². The third-order valence-electron chi connectivity index (χ3n) is 6.24. The van der Waals surface area contributed by atoms with Crippen LogP contribution in [0, 0.1) is 12.8 Å². The zero-order valence-electron chi connectivity index (χ0n) is 16.0. The van der Waals surface area contributed by atoms with E-state index in [0.717, 1.165) is 12.5 Å². The topological polar surface area (TPSA) is 15.3 Å². The van der Waals surface area contributed by atoms with Gasteiger partial charge in [0.05, 0.1) is 0 Å². The van der Waals surface area contributed by atoms with Crippen molar-refractivity contribution in [1.29, 1.82) is 0 Å². The molecule has 3 heterocycles. The molecular weight excluding hydrogens is 324 g/mol. The smallest absolute Gasteiger partial charge is 0.0348 e. The van der Waals surface area contributed by atoms with Gasteiger partial charge in [-0.1, -0.05) is 19.9 Å². The SMILES string of the molecule is Cc1c(C(C)CN2CCCC2)sc2ccc([C@H]3CC[C@H](C)CN3)cc12. The number of nitrogens with one attached hydrogen (secondary N) is 1. The van der Waals surface area contributed by atoms with Crippen LogP contribution in [0.25, 0.3) is 10.1 Å². The molecule has 0 amide bonds. The van der Waals surface area contributed by atoms with Gasteiger partial charge in [-0.25, -0.2) is 0 Å². The van der Waals surface area contributed by atoms with Crippen molar-refractivity contribution >= 4 is 21.4 Å². The maximum Gasteiger partial charge on any atom is 0.0348 e. The summed E-state index contributed by atoms with van der Waals surface area (Å²) in [7, 11) is 0. The fourth-order valence-corrected chi connectivity index (χ4v) is 5.90. The molecule has 1 unspecified atom stereocenters. The van der Waals surface area contributed by atoms with Gasteiger partial charge in [0.25, 0.3) is 0 Å². The van der Waals surface area contributed by atoms with E-state index in [2.05, 4.69) is 49.2 Å². The molecule has 4 rings (SSSR count). The second-order valence-electron chi connectivity index (χ2n) is 8.40. The standard InChI is InChI=1S/C22H32N2S/c1-15-6-8-20(23-13-15)18-7-9-21-19(12-18)17(3)22(25-21)16(2)14-24-10-4-5-11-24/h7,9,12,15-16,20,23H,4-6,8,10-11,13-14H2,1-3H3/t15-,16?,20+/m0/s1. The summed E-state index contributed by atoms with van der Waals surface area (Å²) in [5.41, 5.74) is 3.01. The Balaban J connectivity index is 1.56. The average Bonchev–Trinajstić information content (AvgIpc) is 3.23. The first-order valence-electron chi connectivity index (χ1n) is 10.1. The molecule has 2 saturated heterocycles. The van der Waals surface area contributed by atoms with E-state index < -0.39 is 0 Å². The van der Waals surface area contributed by atoms with Crippen LogP contribution in [-0.4, -0.2) is 31.1 Å². The number of piperidine rings is 1. The molecule has 0 aliphatic carbocycles. The quantitative estimate of drug-likeness (QED) is 0.781. The first-order valence-corrected chi connectivity index (χ1v) is 10.9. The summed E-state index contributed by atoms with van der Waals surface area (Å²) in [4.78, 5) is 4.25. The number of fused-ring (bicyclic) bond motifs is 1. The molecule has 2 nitrogen and oxygen atoms in total. The minimum absolute atomic E-state index is 0.547. The maximum atomic E-state index is 3.74. The summed E-state index contributed by atoms with van der Waals surface area (Å²) >= 11 is 2.02. The molecule has 0 spiro atoms. The zero-order valence-corrected chi connectivity index (χ0v) is 16.8. The molecule has 2 aliphatic heterocycles. The predicted molar refractivity (Wildman–Crippen MR) is 110 cm³/mol. The van der Waals surface area contributed by atoms with Gasteiger partial charge >= 0.3 is 0 Å². The highest BCUT2D eigenvalue weighted by Crippen LogP contribution is 2.38. The Labute approximate surface area is 156 Å². The van der Waals surface area contributed by atoms with Crippen molar-refractivity contribution in [3.63, 3.8) is 0 Å². The predicted octanol–water partition coefficient (Wildman–Crippen LogP) is 5.47. The summed E-state index contributed by atoms with van der Waals surface area (Å²) in [5.74, 6) is 1.47. The van der Waals surface area contributed by atoms with Crippen molar-refractivity contribution in [2.45, 2.75) is 58.4 Å². The molecule has 136 valence electrons. The van der Waals surface area contributed by atoms with Crippen molar-refractivity contribution in [3.05, 3.63) is 34.2 Å². The average molecular weight is 357 g/mol. The van der Waals surface area contributed by atoms with Gasteiger partial charge in [0.1, 0.15) is 0 Å². The van der Waals surface area contributed by atoms with E-state index in [-0.39, 0.29) is 0 Å². The van der Waals surface area contributed by atoms with E-state index in [0.29, 0.717) is 12.0 Å². The zero-order chi connectivity index (χ0) is 17.4. The highest BCUT2D eigenvalue weighted by Gasteiger charge is 2.22. The van der Waals surface area contributed by atoms with E-state index in [1.54, 1.807) is 4.88 Å². The highest BCUT2D eigenvalue weighted by atomic mass is 32.1. The van der Waals surface area contributed by atoms with Crippen LogP contribution in [0.2, 0.25) is 0 Å². The van der Waals surface area contributed by atoms with Gasteiger partial charge in [-0.15, -0.1) is 11.3 Å². The molecule has 2 aliphatic rings. The van der Waals surface area contributed by atoms with Crippen LogP contribution in [0.5, 0.6) is 0 Å². The molecule has 25 heavy (non-hydrogen) atoms. The summed E-state index contributed by atoms with van der Waals surface area (Å²) in [6.45, 7) is 12.1. The summed E-state index contributed by atoms with van der Waals surface area (Å²) in [6, 6.07) is 7.75. The Hall–Kier alpha value is -0.900. The molecule has 3 atom stereocenters. The Kier molecular flexibility index (Phi) is 5.17. The molecule has 1 aromatic heterocycles. The third-order valence-corrected chi connectivity index (χ3v) is 7.74. The van der Waals surface area contributed by atoms with Crippen molar-refractivity contribution in [1.82, 2.24) is 10.2 Å². The van der Waals surface area contributed by atoms with Crippen LogP contribution in [0.4, 0.5) is 0 Å². The Morgan fingerprint density at radius 2 is 2.04 bits per heavy atom. The van der Waals surface area contributed by atoms with E-state index in [1.165, 1.54) is 66.5 Å². The molecule has 0 radical (unpaired) electrons. The Morgan fingerprint density at radius 1 is 1.24 bits per heavy atom. The van der Waals surface area contributed by atoms with Crippen LogP contribution in [0.1, 0.15) is 67.5 Å². The number of benzene rings is 1. The first kappa shape index (κ1) is 17.5. The summed E-state index contributed by atoms with van der Waals surface area (Å²) in [5, 5.41) is 5.24. The summed E-state index contributed by atoms with van der Waals surface area (Å²) in [6.07, 6.45) is 5.38. The van der Waals surface area contributed by atoms with E-state index in [9.17, 15) is 0 Å². The first-order chi connectivity index (χ1) is 12.1. The third kappa shape index (κ3) is 3.65. The molecule has 1 N–H and O–H groups in total. The van der Waals surface area contributed by atoms with E-state index >= 15 is 0 Å². The molecule has 0 saturated carbocycles. The monoisotopic (exact) mass is 356 g/mol. The lowest BCUT2D eigenvalue weighted by molar-refractivity contribution is 0.322. The number of nitrogens with zero attached hydrogens (tertiary/aromatic N) is 1. The van der Waals surface area contributed by atoms with Crippen LogP contribution in [0.3, 0.4) is 0 Å². The fourth-order valence-electron chi connectivity index (χ4n) is 4.66. The largest absolute Gasteiger partial charge is 0.310 e. The lowest BCUT2D eigenvalue weighted by Crippen LogP contribution is -2.31. The minimum Gasteiger partial charge on any atom is -0.310 e.